The Morgan fingerprint density at radius 1 is 1.20 bits per heavy atom. The Morgan fingerprint density at radius 2 is 1.93 bits per heavy atom. The van der Waals surface area contributed by atoms with E-state index >= 15 is 0 Å². The van der Waals surface area contributed by atoms with Crippen molar-refractivity contribution in [3.63, 3.8) is 0 Å². The smallest absolute Gasteiger partial charge is 0.352 e. The first-order valence-corrected chi connectivity index (χ1v) is 10.2. The Morgan fingerprint density at radius 3 is 2.60 bits per heavy atom. The Hall–Kier alpha value is -3.39. The number of carboxylic acids is 1. The van der Waals surface area contributed by atoms with E-state index in [0.717, 1.165) is 16.5 Å². The number of aliphatic carboxylic acids is 1. The number of carbonyl (C=O) groups is 2. The third kappa shape index (κ3) is 3.73. The quantitative estimate of drug-likeness (QED) is 0.516. The van der Waals surface area contributed by atoms with Gasteiger partial charge in [0, 0.05) is 10.2 Å². The summed E-state index contributed by atoms with van der Waals surface area (Å²) >= 11 is 3.51. The second kappa shape index (κ2) is 8.16. The predicted octanol–water partition coefficient (Wildman–Crippen LogP) is 4.44. The number of hydrogen-bond acceptors (Lipinski definition) is 4. The van der Waals surface area contributed by atoms with Crippen LogP contribution in [0.1, 0.15) is 34.5 Å². The lowest BCUT2D eigenvalue weighted by Crippen LogP contribution is -2.25. The van der Waals surface area contributed by atoms with E-state index in [2.05, 4.69) is 38.6 Å². The van der Waals surface area contributed by atoms with Gasteiger partial charge in [-0.25, -0.2) is 9.48 Å². The van der Waals surface area contributed by atoms with E-state index < -0.39 is 12.0 Å². The summed E-state index contributed by atoms with van der Waals surface area (Å²) in [4.78, 5) is 24.6. The summed E-state index contributed by atoms with van der Waals surface area (Å²) in [5.74, 6) is -1.15. The molecule has 0 unspecified atom stereocenters. The van der Waals surface area contributed by atoms with Crippen LogP contribution in [-0.4, -0.2) is 26.8 Å². The van der Waals surface area contributed by atoms with Crippen molar-refractivity contribution in [2.24, 2.45) is 0 Å². The summed E-state index contributed by atoms with van der Waals surface area (Å²) < 4.78 is 2.43. The maximum Gasteiger partial charge on any atom is 0.352 e. The molecule has 7 nitrogen and oxygen atoms in total. The van der Waals surface area contributed by atoms with Crippen LogP contribution in [0.2, 0.25) is 0 Å². The first kappa shape index (κ1) is 19.9. The molecule has 2 aromatic carbocycles. The van der Waals surface area contributed by atoms with Gasteiger partial charge in [-0.2, -0.15) is 5.10 Å². The lowest BCUT2D eigenvalue weighted by atomic mass is 10.0. The van der Waals surface area contributed by atoms with Crippen LogP contribution in [0.15, 0.2) is 71.0 Å². The summed E-state index contributed by atoms with van der Waals surface area (Å²) in [5, 5.41) is 19.6. The highest BCUT2D eigenvalue weighted by Gasteiger charge is 2.30. The fourth-order valence-electron chi connectivity index (χ4n) is 3.35. The summed E-state index contributed by atoms with van der Waals surface area (Å²) in [6, 6.07) is 14.6. The van der Waals surface area contributed by atoms with E-state index in [-0.39, 0.29) is 17.2 Å². The fourth-order valence-corrected chi connectivity index (χ4v) is 3.86. The number of benzene rings is 2. The highest BCUT2D eigenvalue weighted by Crippen LogP contribution is 2.35. The number of carboxylic acid groups (broad SMARTS) is 1. The van der Waals surface area contributed by atoms with E-state index in [1.54, 1.807) is 10.8 Å². The Balaban J connectivity index is 1.70. The highest BCUT2D eigenvalue weighted by molar-refractivity contribution is 9.10. The Kier molecular flexibility index (Phi) is 5.41. The second-order valence-electron chi connectivity index (χ2n) is 6.83. The molecule has 1 aliphatic heterocycles. The molecule has 2 heterocycles. The summed E-state index contributed by atoms with van der Waals surface area (Å²) in [7, 11) is 0. The molecule has 1 aliphatic rings. The molecular formula is C22H19BrN4O3. The molecule has 3 N–H and O–H groups in total. The van der Waals surface area contributed by atoms with E-state index in [1.165, 1.54) is 11.8 Å². The normalized spacial score (nSPS) is 15.0. The molecule has 8 heteroatoms. The number of nitrogens with one attached hydrogen (secondary N) is 2. The number of nitrogens with zero attached hydrogens (tertiary/aromatic N) is 2. The number of anilines is 2. The van der Waals surface area contributed by atoms with E-state index in [9.17, 15) is 14.7 Å². The minimum Gasteiger partial charge on any atom is -0.477 e. The Labute approximate surface area is 181 Å². The molecule has 0 spiro atoms. The molecule has 0 aliphatic carbocycles. The molecular weight excluding hydrogens is 448 g/mol. The van der Waals surface area contributed by atoms with Gasteiger partial charge in [0.05, 0.1) is 6.20 Å². The third-order valence-electron chi connectivity index (χ3n) is 4.96. The van der Waals surface area contributed by atoms with E-state index in [4.69, 9.17) is 0 Å². The number of amides is 1. The number of rotatable bonds is 5. The van der Waals surface area contributed by atoms with Gasteiger partial charge >= 0.3 is 5.97 Å². The molecule has 0 radical (unpaired) electrons. The van der Waals surface area contributed by atoms with E-state index in [1.807, 2.05) is 48.5 Å². The van der Waals surface area contributed by atoms with Gasteiger partial charge in [0.15, 0.2) is 0 Å². The van der Waals surface area contributed by atoms with Crippen LogP contribution in [-0.2, 0) is 11.2 Å². The average molecular weight is 467 g/mol. The molecule has 0 saturated carbocycles. The van der Waals surface area contributed by atoms with Gasteiger partial charge in [0.1, 0.15) is 23.1 Å². The standard InChI is InChI=1S/C22H19BrN4O3/c1-2-13-7-9-14(10-8-13)25-21(28)16-12-24-27-19(15-5-3-4-6-17(15)23)11-18(22(29)30)26-20(16)27/h3-12,19,26H,2H2,1H3,(H,25,28)(H,29,30)/t19-/m0/s1. The van der Waals surface area contributed by atoms with Crippen LogP contribution >= 0.6 is 15.9 Å². The zero-order chi connectivity index (χ0) is 21.3. The highest BCUT2D eigenvalue weighted by atomic mass is 79.9. The summed E-state index contributed by atoms with van der Waals surface area (Å²) in [5.41, 5.74) is 2.92. The molecule has 1 amide bonds. The lowest BCUT2D eigenvalue weighted by Gasteiger charge is -2.25. The average Bonchev–Trinajstić information content (AvgIpc) is 3.18. The second-order valence-corrected chi connectivity index (χ2v) is 7.69. The van der Waals surface area contributed by atoms with Gasteiger partial charge < -0.3 is 15.7 Å². The minimum atomic E-state index is -1.11. The number of halogens is 1. The van der Waals surface area contributed by atoms with Crippen LogP contribution in [0.4, 0.5) is 11.5 Å². The van der Waals surface area contributed by atoms with Gasteiger partial charge in [-0.05, 0) is 41.8 Å². The molecule has 1 aromatic heterocycles. The zero-order valence-corrected chi connectivity index (χ0v) is 17.7. The zero-order valence-electron chi connectivity index (χ0n) is 16.1. The van der Waals surface area contributed by atoms with Crippen molar-refractivity contribution in [1.82, 2.24) is 9.78 Å². The van der Waals surface area contributed by atoms with Crippen molar-refractivity contribution in [3.8, 4) is 0 Å². The minimum absolute atomic E-state index is 0.00917. The molecule has 3 aromatic rings. The summed E-state index contributed by atoms with van der Waals surface area (Å²) in [6.07, 6.45) is 3.93. The number of fused-ring (bicyclic) bond motifs is 1. The lowest BCUT2D eigenvalue weighted by molar-refractivity contribution is -0.132. The van der Waals surface area contributed by atoms with Crippen molar-refractivity contribution in [2.45, 2.75) is 19.4 Å². The first-order valence-electron chi connectivity index (χ1n) is 9.42. The number of allylic oxidation sites excluding steroid dienone is 1. The van der Waals surface area contributed by atoms with Gasteiger partial charge in [-0.15, -0.1) is 0 Å². The van der Waals surface area contributed by atoms with Gasteiger partial charge in [-0.3, -0.25) is 4.79 Å². The van der Waals surface area contributed by atoms with Gasteiger partial charge in [-0.1, -0.05) is 53.2 Å². The van der Waals surface area contributed by atoms with Crippen LogP contribution in [0.3, 0.4) is 0 Å². The molecule has 4 rings (SSSR count). The van der Waals surface area contributed by atoms with Crippen LogP contribution in [0, 0.1) is 0 Å². The summed E-state index contributed by atoms with van der Waals surface area (Å²) in [6.45, 7) is 2.06. The number of aryl methyl sites for hydroxylation is 1. The molecule has 30 heavy (non-hydrogen) atoms. The van der Waals surface area contributed by atoms with Crippen LogP contribution < -0.4 is 10.6 Å². The third-order valence-corrected chi connectivity index (χ3v) is 5.68. The molecule has 0 fully saturated rings. The topological polar surface area (TPSA) is 96.3 Å². The number of aromatic nitrogens is 2. The largest absolute Gasteiger partial charge is 0.477 e. The van der Waals surface area contributed by atoms with Crippen molar-refractivity contribution >= 4 is 39.3 Å². The molecule has 0 bridgehead atoms. The SMILES string of the molecule is CCc1ccc(NC(=O)c2cnn3c2NC(C(=O)O)=C[C@H]3c2ccccc2Br)cc1. The number of hydrogen-bond donors (Lipinski definition) is 3. The van der Waals surface area contributed by atoms with Crippen molar-refractivity contribution in [1.29, 1.82) is 0 Å². The fraction of sp³-hybridized carbons (Fsp3) is 0.136. The Bertz CT molecular complexity index is 1150. The maximum atomic E-state index is 12.9. The van der Waals surface area contributed by atoms with Crippen molar-refractivity contribution < 1.29 is 14.7 Å². The van der Waals surface area contributed by atoms with Gasteiger partial charge in [0.25, 0.3) is 5.91 Å². The monoisotopic (exact) mass is 466 g/mol. The van der Waals surface area contributed by atoms with Crippen LogP contribution in [0.25, 0.3) is 0 Å². The van der Waals surface area contributed by atoms with Crippen molar-refractivity contribution in [3.05, 3.63) is 87.7 Å². The molecule has 1 atom stereocenters. The maximum absolute atomic E-state index is 12.9. The van der Waals surface area contributed by atoms with Crippen molar-refractivity contribution in [2.75, 3.05) is 10.6 Å². The van der Waals surface area contributed by atoms with Gasteiger partial charge in [0.2, 0.25) is 0 Å². The predicted molar refractivity (Wildman–Crippen MR) is 118 cm³/mol. The first-order chi connectivity index (χ1) is 14.5. The molecule has 0 saturated heterocycles. The van der Waals surface area contributed by atoms with Crippen LogP contribution in [0.5, 0.6) is 0 Å². The molecule has 152 valence electrons. The van der Waals surface area contributed by atoms with E-state index in [0.29, 0.717) is 11.5 Å². The number of carbonyl (C=O) groups excluding carboxylic acids is 1.